The molecule has 0 spiro atoms. The van der Waals surface area contributed by atoms with E-state index in [1.807, 2.05) is 35.4 Å². The standard InChI is InChI=1S/C16H21N3O3S/c1-23(21,22)18-10-12-3-2-8-19(11-12)16(20)14-5-4-13-6-7-17-15(13)9-14/h4-7,9,12,17-18H,2-3,8,10-11H2,1H3. The lowest BCUT2D eigenvalue weighted by Crippen LogP contribution is -2.43. The van der Waals surface area contributed by atoms with E-state index in [4.69, 9.17) is 0 Å². The molecule has 0 saturated carbocycles. The number of likely N-dealkylation sites (tertiary alicyclic amines) is 1. The van der Waals surface area contributed by atoms with Gasteiger partial charge in [0.2, 0.25) is 10.0 Å². The molecule has 1 unspecified atom stereocenters. The lowest BCUT2D eigenvalue weighted by Gasteiger charge is -2.32. The number of benzene rings is 1. The van der Waals surface area contributed by atoms with Crippen molar-refractivity contribution < 1.29 is 13.2 Å². The Morgan fingerprint density at radius 1 is 1.39 bits per heavy atom. The molecule has 1 aromatic carbocycles. The van der Waals surface area contributed by atoms with Crippen molar-refractivity contribution in [2.45, 2.75) is 12.8 Å². The maximum atomic E-state index is 12.7. The van der Waals surface area contributed by atoms with E-state index in [-0.39, 0.29) is 11.8 Å². The van der Waals surface area contributed by atoms with E-state index in [1.165, 1.54) is 0 Å². The van der Waals surface area contributed by atoms with Crippen LogP contribution >= 0.6 is 0 Å². The van der Waals surface area contributed by atoms with Crippen LogP contribution in [0.25, 0.3) is 10.9 Å². The fourth-order valence-corrected chi connectivity index (χ4v) is 3.59. The average molecular weight is 335 g/mol. The van der Waals surface area contributed by atoms with Crippen molar-refractivity contribution >= 4 is 26.8 Å². The molecule has 2 aromatic rings. The second kappa shape index (κ2) is 6.33. The van der Waals surface area contributed by atoms with Gasteiger partial charge in [0.15, 0.2) is 0 Å². The Morgan fingerprint density at radius 3 is 3.00 bits per heavy atom. The van der Waals surface area contributed by atoms with Crippen LogP contribution in [-0.2, 0) is 10.0 Å². The van der Waals surface area contributed by atoms with Crippen LogP contribution in [0.2, 0.25) is 0 Å². The number of fused-ring (bicyclic) bond motifs is 1. The zero-order valence-corrected chi connectivity index (χ0v) is 13.9. The number of H-pyrrole nitrogens is 1. The van der Waals surface area contributed by atoms with Gasteiger partial charge in [-0.25, -0.2) is 13.1 Å². The highest BCUT2D eigenvalue weighted by atomic mass is 32.2. The third-order valence-corrected chi connectivity index (χ3v) is 4.93. The van der Waals surface area contributed by atoms with Crippen molar-refractivity contribution in [3.8, 4) is 0 Å². The van der Waals surface area contributed by atoms with Crippen molar-refractivity contribution in [2.24, 2.45) is 5.92 Å². The van der Waals surface area contributed by atoms with E-state index in [1.54, 1.807) is 0 Å². The van der Waals surface area contributed by atoms with Gasteiger partial charge in [0.1, 0.15) is 0 Å². The summed E-state index contributed by atoms with van der Waals surface area (Å²) in [5, 5.41) is 1.08. The quantitative estimate of drug-likeness (QED) is 0.890. The molecule has 0 aliphatic carbocycles. The second-order valence-corrected chi connectivity index (χ2v) is 7.99. The van der Waals surface area contributed by atoms with Crippen molar-refractivity contribution in [3.63, 3.8) is 0 Å². The lowest BCUT2D eigenvalue weighted by molar-refractivity contribution is 0.0676. The smallest absolute Gasteiger partial charge is 0.253 e. The molecule has 1 fully saturated rings. The van der Waals surface area contributed by atoms with E-state index < -0.39 is 10.0 Å². The van der Waals surface area contributed by atoms with Crippen LogP contribution < -0.4 is 4.72 Å². The molecule has 1 aliphatic rings. The maximum Gasteiger partial charge on any atom is 0.253 e. The number of hydrogen-bond donors (Lipinski definition) is 2. The van der Waals surface area contributed by atoms with Crippen LogP contribution in [0.15, 0.2) is 30.5 Å². The number of nitrogens with one attached hydrogen (secondary N) is 2. The molecule has 2 heterocycles. The van der Waals surface area contributed by atoms with Gasteiger partial charge >= 0.3 is 0 Å². The molecule has 23 heavy (non-hydrogen) atoms. The normalized spacial score (nSPS) is 19.2. The fourth-order valence-electron chi connectivity index (χ4n) is 3.05. The number of carbonyl (C=O) groups is 1. The summed E-state index contributed by atoms with van der Waals surface area (Å²) in [6.45, 7) is 1.69. The molecule has 1 amide bonds. The Morgan fingerprint density at radius 2 is 2.22 bits per heavy atom. The molecule has 7 heteroatoms. The van der Waals surface area contributed by atoms with Crippen LogP contribution in [0, 0.1) is 5.92 Å². The molecule has 2 N–H and O–H groups in total. The molecule has 1 aromatic heterocycles. The highest BCUT2D eigenvalue weighted by Crippen LogP contribution is 2.20. The van der Waals surface area contributed by atoms with Crippen LogP contribution in [-0.4, -0.2) is 50.1 Å². The van der Waals surface area contributed by atoms with Gasteiger partial charge in [-0.3, -0.25) is 4.79 Å². The predicted molar refractivity (Wildman–Crippen MR) is 89.8 cm³/mol. The number of amides is 1. The Balaban J connectivity index is 1.68. The van der Waals surface area contributed by atoms with Crippen molar-refractivity contribution in [3.05, 3.63) is 36.0 Å². The minimum Gasteiger partial charge on any atom is -0.361 e. The Hall–Kier alpha value is -1.86. The van der Waals surface area contributed by atoms with Gasteiger partial charge in [-0.1, -0.05) is 6.07 Å². The SMILES string of the molecule is CS(=O)(=O)NCC1CCCN(C(=O)c2ccc3cc[nH]c3c2)C1. The first-order valence-electron chi connectivity index (χ1n) is 7.73. The predicted octanol–water partition coefficient (Wildman–Crippen LogP) is 1.57. The number of aromatic nitrogens is 1. The lowest BCUT2D eigenvalue weighted by atomic mass is 9.97. The summed E-state index contributed by atoms with van der Waals surface area (Å²) in [7, 11) is -3.19. The zero-order valence-electron chi connectivity index (χ0n) is 13.1. The summed E-state index contributed by atoms with van der Waals surface area (Å²) in [5.41, 5.74) is 1.61. The van der Waals surface area contributed by atoms with Gasteiger partial charge in [0.25, 0.3) is 5.91 Å². The summed E-state index contributed by atoms with van der Waals surface area (Å²) >= 11 is 0. The van der Waals surface area contributed by atoms with Crippen molar-refractivity contribution in [1.29, 1.82) is 0 Å². The van der Waals surface area contributed by atoms with Crippen LogP contribution in [0.3, 0.4) is 0 Å². The molecule has 3 rings (SSSR count). The van der Waals surface area contributed by atoms with Gasteiger partial charge in [-0.2, -0.15) is 0 Å². The number of carbonyl (C=O) groups excluding carboxylic acids is 1. The van der Waals surface area contributed by atoms with Gasteiger partial charge in [0, 0.05) is 36.9 Å². The van der Waals surface area contributed by atoms with Crippen LogP contribution in [0.4, 0.5) is 0 Å². The number of piperidine rings is 1. The molecule has 1 atom stereocenters. The van der Waals surface area contributed by atoms with Gasteiger partial charge in [-0.15, -0.1) is 0 Å². The summed E-state index contributed by atoms with van der Waals surface area (Å²) in [6.07, 6.45) is 4.84. The number of sulfonamides is 1. The first kappa shape index (κ1) is 16.0. The second-order valence-electron chi connectivity index (χ2n) is 6.16. The van der Waals surface area contributed by atoms with E-state index in [9.17, 15) is 13.2 Å². The van der Waals surface area contributed by atoms with Gasteiger partial charge in [0.05, 0.1) is 6.26 Å². The van der Waals surface area contributed by atoms with E-state index >= 15 is 0 Å². The average Bonchev–Trinajstić information content (AvgIpc) is 2.99. The molecule has 0 bridgehead atoms. The van der Waals surface area contributed by atoms with Crippen LogP contribution in [0.5, 0.6) is 0 Å². The first-order valence-corrected chi connectivity index (χ1v) is 9.62. The Labute approximate surface area is 135 Å². The van der Waals surface area contributed by atoms with Gasteiger partial charge < -0.3 is 9.88 Å². The largest absolute Gasteiger partial charge is 0.361 e. The number of nitrogens with zero attached hydrogens (tertiary/aromatic N) is 1. The zero-order chi connectivity index (χ0) is 16.4. The monoisotopic (exact) mass is 335 g/mol. The maximum absolute atomic E-state index is 12.7. The molecule has 0 radical (unpaired) electrons. The van der Waals surface area contributed by atoms with Crippen molar-refractivity contribution in [2.75, 3.05) is 25.9 Å². The summed E-state index contributed by atoms with van der Waals surface area (Å²) in [5.74, 6) is 0.169. The minimum atomic E-state index is -3.19. The molecule has 1 saturated heterocycles. The van der Waals surface area contributed by atoms with E-state index in [0.29, 0.717) is 18.7 Å². The molecule has 124 valence electrons. The minimum absolute atomic E-state index is 0.00514. The fraction of sp³-hybridized carbons (Fsp3) is 0.438. The molecule has 1 aliphatic heterocycles. The molecular weight excluding hydrogens is 314 g/mol. The summed E-state index contributed by atoms with van der Waals surface area (Å²) < 4.78 is 25.0. The summed E-state index contributed by atoms with van der Waals surface area (Å²) in [6, 6.07) is 7.62. The third kappa shape index (κ3) is 3.92. The van der Waals surface area contributed by atoms with Crippen molar-refractivity contribution in [1.82, 2.24) is 14.6 Å². The van der Waals surface area contributed by atoms with Crippen LogP contribution in [0.1, 0.15) is 23.2 Å². The first-order chi connectivity index (χ1) is 10.9. The highest BCUT2D eigenvalue weighted by molar-refractivity contribution is 7.88. The molecular formula is C16H21N3O3S. The topological polar surface area (TPSA) is 82.3 Å². The number of aromatic amines is 1. The van der Waals surface area contributed by atoms with Gasteiger partial charge in [-0.05, 0) is 42.3 Å². The molecule has 6 nitrogen and oxygen atoms in total. The summed E-state index contributed by atoms with van der Waals surface area (Å²) in [4.78, 5) is 17.6. The number of rotatable bonds is 4. The van der Waals surface area contributed by atoms with E-state index in [0.717, 1.165) is 36.5 Å². The Bertz CT molecular complexity index is 813. The Kier molecular flexibility index (Phi) is 4.41. The third-order valence-electron chi connectivity index (χ3n) is 4.24. The van der Waals surface area contributed by atoms with E-state index in [2.05, 4.69) is 9.71 Å². The highest BCUT2D eigenvalue weighted by Gasteiger charge is 2.25. The number of hydrogen-bond acceptors (Lipinski definition) is 3.